The van der Waals surface area contributed by atoms with Gasteiger partial charge in [0.2, 0.25) is 5.75 Å². The molecule has 1 saturated carbocycles. The molecule has 0 amide bonds. The van der Waals surface area contributed by atoms with E-state index in [1.54, 1.807) is 12.1 Å². The van der Waals surface area contributed by atoms with E-state index in [1.165, 1.54) is 6.20 Å². The molecule has 0 atom stereocenters. The highest BCUT2D eigenvalue weighted by atomic mass is 79.9. The van der Waals surface area contributed by atoms with E-state index in [4.69, 9.17) is 10.5 Å². The summed E-state index contributed by atoms with van der Waals surface area (Å²) in [4.78, 5) is 14.8. The molecular formula is C13H12BrN3O3. The molecule has 0 aliphatic heterocycles. The molecule has 6 nitrogen and oxygen atoms in total. The zero-order valence-corrected chi connectivity index (χ0v) is 12.0. The molecule has 0 saturated heterocycles. The van der Waals surface area contributed by atoms with Crippen LogP contribution in [0.1, 0.15) is 12.8 Å². The summed E-state index contributed by atoms with van der Waals surface area (Å²) in [5.74, 6) is 0.276. The summed E-state index contributed by atoms with van der Waals surface area (Å²) in [7, 11) is 0. The zero-order chi connectivity index (χ0) is 14.3. The van der Waals surface area contributed by atoms with Gasteiger partial charge in [0.25, 0.3) is 0 Å². The molecular weight excluding hydrogens is 326 g/mol. The fourth-order valence-electron chi connectivity index (χ4n) is 2.25. The Morgan fingerprint density at radius 1 is 1.45 bits per heavy atom. The quantitative estimate of drug-likeness (QED) is 0.686. The third-order valence-corrected chi connectivity index (χ3v) is 3.87. The lowest BCUT2D eigenvalue weighted by molar-refractivity contribution is -0.386. The van der Waals surface area contributed by atoms with Crippen LogP contribution in [-0.2, 0) is 0 Å². The SMILES string of the molecule is NC1CC(Oc2c([N+](=O)[O-])cnc3ccc(Br)cc23)C1. The molecule has 2 aromatic rings. The molecule has 0 spiro atoms. The van der Waals surface area contributed by atoms with Crippen molar-refractivity contribution in [3.05, 3.63) is 39.0 Å². The molecule has 1 aliphatic carbocycles. The van der Waals surface area contributed by atoms with Crippen LogP contribution in [0.15, 0.2) is 28.9 Å². The molecule has 1 aromatic carbocycles. The van der Waals surface area contributed by atoms with Crippen molar-refractivity contribution >= 4 is 32.5 Å². The molecule has 1 fully saturated rings. The Morgan fingerprint density at radius 2 is 2.20 bits per heavy atom. The number of benzene rings is 1. The Hall–Kier alpha value is -1.73. The number of nitrogens with two attached hydrogens (primary N) is 1. The van der Waals surface area contributed by atoms with Crippen LogP contribution in [0.4, 0.5) is 5.69 Å². The van der Waals surface area contributed by atoms with Gasteiger partial charge in [0, 0.05) is 10.5 Å². The molecule has 1 aliphatic rings. The number of hydrogen-bond acceptors (Lipinski definition) is 5. The first kappa shape index (κ1) is 13.3. The van der Waals surface area contributed by atoms with Gasteiger partial charge in [-0.2, -0.15) is 0 Å². The highest BCUT2D eigenvalue weighted by Crippen LogP contribution is 2.38. The topological polar surface area (TPSA) is 91.3 Å². The lowest BCUT2D eigenvalue weighted by Crippen LogP contribution is -2.43. The molecule has 1 heterocycles. The summed E-state index contributed by atoms with van der Waals surface area (Å²) in [5.41, 5.74) is 6.27. The summed E-state index contributed by atoms with van der Waals surface area (Å²) in [6.45, 7) is 0. The van der Waals surface area contributed by atoms with Gasteiger partial charge in [-0.05, 0) is 31.0 Å². The van der Waals surface area contributed by atoms with Gasteiger partial charge in [-0.15, -0.1) is 0 Å². The Bertz CT molecular complexity index is 686. The first-order chi connectivity index (χ1) is 9.54. The van der Waals surface area contributed by atoms with Crippen molar-refractivity contribution in [2.75, 3.05) is 0 Å². The van der Waals surface area contributed by atoms with E-state index in [0.717, 1.165) is 17.3 Å². The van der Waals surface area contributed by atoms with Crippen molar-refractivity contribution in [2.45, 2.75) is 25.0 Å². The van der Waals surface area contributed by atoms with Crippen molar-refractivity contribution in [3.8, 4) is 5.75 Å². The second-order valence-electron chi connectivity index (χ2n) is 4.86. The molecule has 2 N–H and O–H groups in total. The fraction of sp³-hybridized carbons (Fsp3) is 0.308. The predicted octanol–water partition coefficient (Wildman–Crippen LogP) is 2.77. The second-order valence-corrected chi connectivity index (χ2v) is 5.78. The highest BCUT2D eigenvalue weighted by molar-refractivity contribution is 9.10. The molecule has 1 aromatic heterocycles. The number of fused-ring (bicyclic) bond motifs is 1. The Labute approximate surface area is 123 Å². The van der Waals surface area contributed by atoms with Crippen LogP contribution in [0, 0.1) is 10.1 Å². The second kappa shape index (κ2) is 4.99. The summed E-state index contributed by atoms with van der Waals surface area (Å²) in [6, 6.07) is 5.54. The van der Waals surface area contributed by atoms with Gasteiger partial charge in [-0.3, -0.25) is 10.1 Å². The minimum atomic E-state index is -0.471. The molecule has 3 rings (SSSR count). The molecule has 104 valence electrons. The standard InChI is InChI=1S/C13H12BrN3O3/c14-7-1-2-11-10(3-7)13(12(6-16-11)17(18)19)20-9-4-8(15)5-9/h1-3,6,8-9H,4-5,15H2. The first-order valence-corrected chi connectivity index (χ1v) is 6.99. The van der Waals surface area contributed by atoms with Crippen LogP contribution in [0.25, 0.3) is 10.9 Å². The fourth-order valence-corrected chi connectivity index (χ4v) is 2.61. The van der Waals surface area contributed by atoms with E-state index in [1.807, 2.05) is 6.07 Å². The lowest BCUT2D eigenvalue weighted by Gasteiger charge is -2.32. The van der Waals surface area contributed by atoms with Crippen LogP contribution in [0.2, 0.25) is 0 Å². The maximum absolute atomic E-state index is 11.2. The van der Waals surface area contributed by atoms with E-state index >= 15 is 0 Å². The lowest BCUT2D eigenvalue weighted by atomic mass is 9.90. The largest absolute Gasteiger partial charge is 0.483 e. The van der Waals surface area contributed by atoms with Gasteiger partial charge in [0.05, 0.1) is 15.8 Å². The predicted molar refractivity (Wildman–Crippen MR) is 77.7 cm³/mol. The van der Waals surface area contributed by atoms with Crippen molar-refractivity contribution in [3.63, 3.8) is 0 Å². The van der Waals surface area contributed by atoms with Gasteiger partial charge in [-0.25, -0.2) is 4.98 Å². The Kier molecular flexibility index (Phi) is 3.31. The van der Waals surface area contributed by atoms with E-state index in [9.17, 15) is 10.1 Å². The summed E-state index contributed by atoms with van der Waals surface area (Å²) in [5, 5.41) is 11.8. The van der Waals surface area contributed by atoms with Crippen LogP contribution in [0.3, 0.4) is 0 Å². The third kappa shape index (κ3) is 2.34. The molecule has 0 radical (unpaired) electrons. The maximum atomic E-state index is 11.2. The van der Waals surface area contributed by atoms with Gasteiger partial charge < -0.3 is 10.5 Å². The van der Waals surface area contributed by atoms with Gasteiger partial charge >= 0.3 is 5.69 Å². The number of pyridine rings is 1. The summed E-state index contributed by atoms with van der Waals surface area (Å²) in [6.07, 6.45) is 2.61. The number of halogens is 1. The zero-order valence-electron chi connectivity index (χ0n) is 10.5. The van der Waals surface area contributed by atoms with Crippen molar-refractivity contribution in [2.24, 2.45) is 5.73 Å². The van der Waals surface area contributed by atoms with Gasteiger partial charge in [0.15, 0.2) is 0 Å². The van der Waals surface area contributed by atoms with Crippen molar-refractivity contribution in [1.82, 2.24) is 4.98 Å². The number of rotatable bonds is 3. The average Bonchev–Trinajstić information content (AvgIpc) is 2.37. The van der Waals surface area contributed by atoms with Gasteiger partial charge in [0.1, 0.15) is 12.3 Å². The van der Waals surface area contributed by atoms with Crippen LogP contribution >= 0.6 is 15.9 Å². The third-order valence-electron chi connectivity index (χ3n) is 3.37. The highest BCUT2D eigenvalue weighted by Gasteiger charge is 2.31. The molecule has 0 unspecified atom stereocenters. The van der Waals surface area contributed by atoms with E-state index < -0.39 is 4.92 Å². The number of aromatic nitrogens is 1. The smallest absolute Gasteiger partial charge is 0.329 e. The van der Waals surface area contributed by atoms with E-state index in [2.05, 4.69) is 20.9 Å². The monoisotopic (exact) mass is 337 g/mol. The summed E-state index contributed by atoms with van der Waals surface area (Å²) < 4.78 is 6.62. The molecule has 20 heavy (non-hydrogen) atoms. The number of hydrogen-bond donors (Lipinski definition) is 1. The van der Waals surface area contributed by atoms with Crippen LogP contribution in [0.5, 0.6) is 5.75 Å². The van der Waals surface area contributed by atoms with Crippen LogP contribution in [-0.4, -0.2) is 22.1 Å². The Morgan fingerprint density at radius 3 is 2.85 bits per heavy atom. The first-order valence-electron chi connectivity index (χ1n) is 6.19. The number of nitro groups is 1. The van der Waals surface area contributed by atoms with Crippen LogP contribution < -0.4 is 10.5 Å². The average molecular weight is 338 g/mol. The summed E-state index contributed by atoms with van der Waals surface area (Å²) >= 11 is 3.36. The number of ether oxygens (including phenoxy) is 1. The van der Waals surface area contributed by atoms with Crippen molar-refractivity contribution < 1.29 is 9.66 Å². The number of nitrogens with zero attached hydrogens (tertiary/aromatic N) is 2. The Balaban J connectivity index is 2.10. The van der Waals surface area contributed by atoms with Gasteiger partial charge in [-0.1, -0.05) is 15.9 Å². The van der Waals surface area contributed by atoms with E-state index in [0.29, 0.717) is 10.9 Å². The molecule has 0 bridgehead atoms. The minimum absolute atomic E-state index is 0.0618. The molecule has 7 heteroatoms. The van der Waals surface area contributed by atoms with E-state index in [-0.39, 0.29) is 23.6 Å². The normalized spacial score (nSPS) is 21.5. The van der Waals surface area contributed by atoms with Crippen molar-refractivity contribution in [1.29, 1.82) is 0 Å². The minimum Gasteiger partial charge on any atom is -0.483 e. The maximum Gasteiger partial charge on any atom is 0.329 e.